The summed E-state index contributed by atoms with van der Waals surface area (Å²) in [6.45, 7) is 1.62. The second-order valence-corrected chi connectivity index (χ2v) is 4.39. The number of aryl methyl sites for hydroxylation is 1. The first-order valence-corrected chi connectivity index (χ1v) is 6.21. The lowest BCUT2D eigenvalue weighted by atomic mass is 10.1. The maximum Gasteiger partial charge on any atom is 0.272 e. The van der Waals surface area contributed by atoms with Crippen LogP contribution in [0.5, 0.6) is 0 Å². The average molecular weight is 286 g/mol. The van der Waals surface area contributed by atoms with Crippen molar-refractivity contribution < 1.29 is 9.72 Å². The summed E-state index contributed by atoms with van der Waals surface area (Å²) >= 11 is 0. The van der Waals surface area contributed by atoms with Crippen LogP contribution in [0, 0.1) is 17.0 Å². The predicted octanol–water partition coefficient (Wildman–Crippen LogP) is 2.59. The summed E-state index contributed by atoms with van der Waals surface area (Å²) in [5.74, 6) is 0.282. The van der Waals surface area contributed by atoms with Crippen molar-refractivity contribution in [3.05, 3.63) is 57.8 Å². The summed E-state index contributed by atoms with van der Waals surface area (Å²) in [4.78, 5) is 26.4. The molecule has 0 aliphatic carbocycles. The van der Waals surface area contributed by atoms with Gasteiger partial charge in [0.25, 0.3) is 11.6 Å². The second-order valence-electron chi connectivity index (χ2n) is 4.39. The number of anilines is 2. The van der Waals surface area contributed by atoms with Crippen LogP contribution in [0.4, 0.5) is 17.2 Å². The highest BCUT2D eigenvalue weighted by Crippen LogP contribution is 2.22. The van der Waals surface area contributed by atoms with E-state index < -0.39 is 4.92 Å². The maximum absolute atomic E-state index is 12.1. The van der Waals surface area contributed by atoms with E-state index in [1.165, 1.54) is 18.3 Å². The number of rotatable bonds is 4. The molecule has 0 unspecified atom stereocenters. The molecule has 0 aliphatic rings. The van der Waals surface area contributed by atoms with E-state index in [9.17, 15) is 14.9 Å². The van der Waals surface area contributed by atoms with Crippen molar-refractivity contribution in [2.75, 3.05) is 17.7 Å². The molecule has 0 bridgehead atoms. The molecule has 2 aromatic rings. The molecule has 1 aromatic carbocycles. The Kier molecular flexibility index (Phi) is 4.13. The molecule has 0 radical (unpaired) electrons. The Balaban J connectivity index is 2.19. The Morgan fingerprint density at radius 3 is 2.67 bits per heavy atom. The van der Waals surface area contributed by atoms with E-state index in [1.54, 1.807) is 32.2 Å². The van der Waals surface area contributed by atoms with E-state index in [1.807, 2.05) is 0 Å². The minimum atomic E-state index is -0.455. The van der Waals surface area contributed by atoms with E-state index in [-0.39, 0.29) is 11.6 Å². The summed E-state index contributed by atoms with van der Waals surface area (Å²) < 4.78 is 0. The molecule has 21 heavy (non-hydrogen) atoms. The van der Waals surface area contributed by atoms with Gasteiger partial charge in [-0.2, -0.15) is 0 Å². The molecule has 1 aromatic heterocycles. The Labute approximate surface area is 121 Å². The molecule has 0 atom stereocenters. The molecule has 0 spiro atoms. The Morgan fingerprint density at radius 1 is 1.29 bits per heavy atom. The molecular weight excluding hydrogens is 272 g/mol. The zero-order valence-electron chi connectivity index (χ0n) is 11.6. The Hall–Kier alpha value is -2.96. The van der Waals surface area contributed by atoms with Gasteiger partial charge in [-0.3, -0.25) is 14.9 Å². The number of nitrogens with one attached hydrogen (secondary N) is 2. The van der Waals surface area contributed by atoms with Crippen molar-refractivity contribution in [3.8, 4) is 0 Å². The van der Waals surface area contributed by atoms with E-state index in [0.717, 1.165) is 0 Å². The van der Waals surface area contributed by atoms with Crippen LogP contribution >= 0.6 is 0 Å². The van der Waals surface area contributed by atoms with Gasteiger partial charge in [-0.15, -0.1) is 0 Å². The highest BCUT2D eigenvalue weighted by molar-refractivity contribution is 6.04. The fourth-order valence-corrected chi connectivity index (χ4v) is 1.85. The number of amides is 1. The van der Waals surface area contributed by atoms with Crippen molar-refractivity contribution >= 4 is 23.1 Å². The number of hydrogen-bond donors (Lipinski definition) is 2. The molecule has 7 heteroatoms. The quantitative estimate of drug-likeness (QED) is 0.665. The smallest absolute Gasteiger partial charge is 0.272 e. The normalized spacial score (nSPS) is 10.0. The largest absolute Gasteiger partial charge is 0.373 e. The van der Waals surface area contributed by atoms with Gasteiger partial charge in [0.15, 0.2) is 0 Å². The molecule has 7 nitrogen and oxygen atoms in total. The first kappa shape index (κ1) is 14.4. The van der Waals surface area contributed by atoms with Crippen LogP contribution in [0.1, 0.15) is 15.9 Å². The molecule has 0 aliphatic heterocycles. The molecule has 0 fully saturated rings. The number of carbonyl (C=O) groups excluding carboxylic acids is 1. The lowest BCUT2D eigenvalue weighted by Crippen LogP contribution is -2.12. The number of aromatic nitrogens is 1. The van der Waals surface area contributed by atoms with Crippen LogP contribution < -0.4 is 10.6 Å². The number of nitro groups is 1. The monoisotopic (exact) mass is 286 g/mol. The van der Waals surface area contributed by atoms with Gasteiger partial charge in [0.05, 0.1) is 4.92 Å². The Morgan fingerprint density at radius 2 is 2.05 bits per heavy atom. The average Bonchev–Trinajstić information content (AvgIpc) is 2.47. The third-order valence-electron chi connectivity index (χ3n) is 2.93. The molecule has 0 saturated carbocycles. The number of pyridine rings is 1. The van der Waals surface area contributed by atoms with Crippen LogP contribution in [-0.4, -0.2) is 22.9 Å². The van der Waals surface area contributed by atoms with Gasteiger partial charge in [0, 0.05) is 36.1 Å². The summed E-state index contributed by atoms with van der Waals surface area (Å²) in [6.07, 6.45) is 1.53. The zero-order valence-corrected chi connectivity index (χ0v) is 11.6. The second kappa shape index (κ2) is 6.00. The lowest BCUT2D eigenvalue weighted by Gasteiger charge is -2.07. The van der Waals surface area contributed by atoms with Gasteiger partial charge < -0.3 is 10.6 Å². The van der Waals surface area contributed by atoms with Gasteiger partial charge in [-0.25, -0.2) is 4.98 Å². The number of nitro benzene ring substituents is 1. The topological polar surface area (TPSA) is 97.2 Å². The predicted molar refractivity (Wildman–Crippen MR) is 79.6 cm³/mol. The van der Waals surface area contributed by atoms with Crippen molar-refractivity contribution in [2.45, 2.75) is 6.92 Å². The van der Waals surface area contributed by atoms with Crippen LogP contribution in [0.25, 0.3) is 0 Å². The molecule has 2 N–H and O–H groups in total. The minimum absolute atomic E-state index is 0.0226. The number of hydrogen-bond acceptors (Lipinski definition) is 5. The van der Waals surface area contributed by atoms with E-state index in [2.05, 4.69) is 15.6 Å². The van der Waals surface area contributed by atoms with Crippen LogP contribution in [0.2, 0.25) is 0 Å². The van der Waals surface area contributed by atoms with Gasteiger partial charge >= 0.3 is 0 Å². The van der Waals surface area contributed by atoms with Gasteiger partial charge in [0.1, 0.15) is 5.82 Å². The zero-order chi connectivity index (χ0) is 15.4. The van der Waals surface area contributed by atoms with Crippen molar-refractivity contribution in [3.63, 3.8) is 0 Å². The molecular formula is C14H14N4O3. The van der Waals surface area contributed by atoms with Crippen LogP contribution in [-0.2, 0) is 0 Å². The Bertz CT molecular complexity index is 700. The number of benzene rings is 1. The van der Waals surface area contributed by atoms with E-state index in [0.29, 0.717) is 22.6 Å². The first-order chi connectivity index (χ1) is 10.0. The number of nitrogens with zero attached hydrogens (tertiary/aromatic N) is 2. The molecule has 2 rings (SSSR count). The summed E-state index contributed by atoms with van der Waals surface area (Å²) in [7, 11) is 1.71. The fraction of sp³-hybridized carbons (Fsp3) is 0.143. The van der Waals surface area contributed by atoms with Crippen molar-refractivity contribution in [1.29, 1.82) is 0 Å². The van der Waals surface area contributed by atoms with Gasteiger partial charge in [-0.05, 0) is 31.2 Å². The number of carbonyl (C=O) groups is 1. The third kappa shape index (κ3) is 3.33. The van der Waals surface area contributed by atoms with E-state index in [4.69, 9.17) is 0 Å². The maximum atomic E-state index is 12.1. The van der Waals surface area contributed by atoms with Gasteiger partial charge in [0.2, 0.25) is 0 Å². The lowest BCUT2D eigenvalue weighted by molar-refractivity contribution is -0.385. The molecule has 0 saturated heterocycles. The van der Waals surface area contributed by atoms with Crippen molar-refractivity contribution in [2.24, 2.45) is 0 Å². The minimum Gasteiger partial charge on any atom is -0.373 e. The summed E-state index contributed by atoms with van der Waals surface area (Å²) in [5.41, 5.74) is 1.47. The molecule has 108 valence electrons. The van der Waals surface area contributed by atoms with Crippen molar-refractivity contribution in [1.82, 2.24) is 4.98 Å². The fourth-order valence-electron chi connectivity index (χ4n) is 1.85. The summed E-state index contributed by atoms with van der Waals surface area (Å²) in [5, 5.41) is 16.3. The molecule has 1 heterocycles. The summed E-state index contributed by atoms with van der Waals surface area (Å²) in [6, 6.07) is 7.65. The SMILES string of the molecule is CNc1cc(C(=O)Nc2ccc([N+](=O)[O-])c(C)c2)ccn1. The van der Waals surface area contributed by atoms with E-state index >= 15 is 0 Å². The van der Waals surface area contributed by atoms with Crippen LogP contribution in [0.15, 0.2) is 36.5 Å². The van der Waals surface area contributed by atoms with Crippen LogP contribution in [0.3, 0.4) is 0 Å². The standard InChI is InChI=1S/C14H14N4O3/c1-9-7-11(3-4-12(9)18(20)21)17-14(19)10-5-6-16-13(8-10)15-2/h3-8H,1-2H3,(H,15,16)(H,17,19). The molecule has 1 amide bonds. The highest BCUT2D eigenvalue weighted by Gasteiger charge is 2.12. The van der Waals surface area contributed by atoms with Gasteiger partial charge in [-0.1, -0.05) is 0 Å². The first-order valence-electron chi connectivity index (χ1n) is 6.21. The highest BCUT2D eigenvalue weighted by atomic mass is 16.6. The third-order valence-corrected chi connectivity index (χ3v) is 2.93.